The predicted molar refractivity (Wildman–Crippen MR) is 106 cm³/mol. The van der Waals surface area contributed by atoms with Crippen LogP contribution in [0, 0.1) is 11.6 Å². The highest BCUT2D eigenvalue weighted by Gasteiger charge is 2.32. The van der Waals surface area contributed by atoms with E-state index in [-0.39, 0.29) is 33.7 Å². The van der Waals surface area contributed by atoms with Gasteiger partial charge in [-0.2, -0.15) is 8.78 Å². The average Bonchev–Trinajstić information content (AvgIpc) is 3.06. The van der Waals surface area contributed by atoms with Crippen LogP contribution in [0.1, 0.15) is 41.0 Å². The molecule has 3 rings (SSSR count). The Hall–Kier alpha value is -3.15. The summed E-state index contributed by atoms with van der Waals surface area (Å²) in [5.74, 6) is -5.77. The van der Waals surface area contributed by atoms with Crippen LogP contribution in [-0.2, 0) is 9.53 Å². The molecule has 0 fully saturated rings. The maximum atomic E-state index is 14.1. The summed E-state index contributed by atoms with van der Waals surface area (Å²) in [6, 6.07) is 3.61. The molecule has 0 amide bonds. The highest BCUT2D eigenvalue weighted by Crippen LogP contribution is 2.38. The predicted octanol–water partition coefficient (Wildman–Crippen LogP) is 4.76. The van der Waals surface area contributed by atoms with Gasteiger partial charge in [0.2, 0.25) is 0 Å². The van der Waals surface area contributed by atoms with E-state index in [1.165, 1.54) is 17.5 Å². The topological polar surface area (TPSA) is 90.1 Å². The molecule has 0 aliphatic rings. The highest BCUT2D eigenvalue weighted by atomic mass is 79.9. The molecular formula is C20H15BrF4N2O5. The van der Waals surface area contributed by atoms with Crippen LogP contribution in [0.5, 0.6) is 5.75 Å². The van der Waals surface area contributed by atoms with Crippen LogP contribution in [0.15, 0.2) is 34.9 Å². The minimum Gasteiger partial charge on any atom is -0.481 e. The van der Waals surface area contributed by atoms with Gasteiger partial charge in [-0.15, -0.1) is 0 Å². The molecule has 7 nitrogen and oxygen atoms in total. The van der Waals surface area contributed by atoms with E-state index in [4.69, 9.17) is 4.74 Å². The van der Waals surface area contributed by atoms with Crippen molar-refractivity contribution in [2.45, 2.75) is 25.9 Å². The number of alkyl halides is 2. The standard InChI is InChI=1S/C20H15BrF4N2O5/c1-2-31-19(30)17-18(27-8-12(21)13(23)7-15(27)26-17)11(6-16(28)29)10-5-9(22)3-4-14(10)32-20(24)25/h3-5,7-8,11,20H,2,6H2,1H3,(H,28,29). The first kappa shape index (κ1) is 23.5. The van der Waals surface area contributed by atoms with Gasteiger partial charge in [-0.05, 0) is 41.1 Å². The van der Waals surface area contributed by atoms with Gasteiger partial charge in [0.15, 0.2) is 5.69 Å². The Morgan fingerprint density at radius 1 is 1.25 bits per heavy atom. The summed E-state index contributed by atoms with van der Waals surface area (Å²) in [5.41, 5.74) is -0.832. The molecule has 1 aromatic carbocycles. The van der Waals surface area contributed by atoms with E-state index >= 15 is 0 Å². The summed E-state index contributed by atoms with van der Waals surface area (Å²) in [6.45, 7) is -1.80. The van der Waals surface area contributed by atoms with Gasteiger partial charge in [0.05, 0.1) is 23.2 Å². The molecular weight excluding hydrogens is 504 g/mol. The Labute approximate surface area is 186 Å². The number of imidazole rings is 1. The van der Waals surface area contributed by atoms with Crippen molar-refractivity contribution in [3.05, 3.63) is 63.5 Å². The van der Waals surface area contributed by atoms with Crippen LogP contribution < -0.4 is 4.74 Å². The first-order valence-corrected chi connectivity index (χ1v) is 9.91. The Kier molecular flexibility index (Phi) is 7.02. The molecule has 0 aliphatic carbocycles. The molecule has 170 valence electrons. The molecule has 0 aliphatic heterocycles. The second-order valence-corrected chi connectivity index (χ2v) is 7.33. The van der Waals surface area contributed by atoms with Gasteiger partial charge in [-0.25, -0.2) is 18.6 Å². The fourth-order valence-electron chi connectivity index (χ4n) is 3.26. The summed E-state index contributed by atoms with van der Waals surface area (Å²) in [4.78, 5) is 28.3. The van der Waals surface area contributed by atoms with Crippen molar-refractivity contribution in [1.82, 2.24) is 9.38 Å². The smallest absolute Gasteiger partial charge is 0.387 e. The Morgan fingerprint density at radius 2 is 1.97 bits per heavy atom. The number of esters is 1. The van der Waals surface area contributed by atoms with Crippen LogP contribution in [0.25, 0.3) is 5.65 Å². The van der Waals surface area contributed by atoms with Gasteiger partial charge in [-0.1, -0.05) is 0 Å². The van der Waals surface area contributed by atoms with E-state index in [9.17, 15) is 32.3 Å². The van der Waals surface area contributed by atoms with Crippen molar-refractivity contribution in [1.29, 1.82) is 0 Å². The number of carbonyl (C=O) groups is 2. The zero-order valence-corrected chi connectivity index (χ0v) is 17.9. The van der Waals surface area contributed by atoms with E-state index in [1.807, 2.05) is 0 Å². The van der Waals surface area contributed by atoms with Gasteiger partial charge in [-0.3, -0.25) is 4.79 Å². The molecule has 2 heterocycles. The van der Waals surface area contributed by atoms with Crippen LogP contribution in [-0.4, -0.2) is 39.6 Å². The number of hydrogen-bond donors (Lipinski definition) is 1. The van der Waals surface area contributed by atoms with Crippen LogP contribution >= 0.6 is 15.9 Å². The summed E-state index contributed by atoms with van der Waals surface area (Å²) in [5, 5.41) is 9.49. The van der Waals surface area contributed by atoms with Crippen molar-refractivity contribution in [3.63, 3.8) is 0 Å². The zero-order chi connectivity index (χ0) is 23.6. The maximum Gasteiger partial charge on any atom is 0.387 e. The maximum absolute atomic E-state index is 14.1. The van der Waals surface area contributed by atoms with E-state index in [0.29, 0.717) is 0 Å². The molecule has 0 saturated heterocycles. The molecule has 1 N–H and O–H groups in total. The van der Waals surface area contributed by atoms with Crippen LogP contribution in [0.4, 0.5) is 17.6 Å². The van der Waals surface area contributed by atoms with Gasteiger partial charge >= 0.3 is 18.6 Å². The van der Waals surface area contributed by atoms with E-state index < -0.39 is 48.3 Å². The van der Waals surface area contributed by atoms with E-state index in [0.717, 1.165) is 24.3 Å². The number of aliphatic carboxylic acids is 1. The minimum absolute atomic E-state index is 0.0450. The number of halogens is 5. The molecule has 1 unspecified atom stereocenters. The van der Waals surface area contributed by atoms with Gasteiger partial charge in [0.25, 0.3) is 0 Å². The second-order valence-electron chi connectivity index (χ2n) is 6.47. The number of pyridine rings is 1. The average molecular weight is 519 g/mol. The van der Waals surface area contributed by atoms with Crippen LogP contribution in [0.3, 0.4) is 0 Å². The SMILES string of the molecule is CCOC(=O)c1nc2cc(F)c(Br)cn2c1C(CC(=O)O)c1cc(F)ccc1OC(F)F. The molecule has 0 spiro atoms. The van der Waals surface area contributed by atoms with Gasteiger partial charge in [0, 0.05) is 23.7 Å². The summed E-state index contributed by atoms with van der Waals surface area (Å²) < 4.78 is 64.7. The highest BCUT2D eigenvalue weighted by molar-refractivity contribution is 9.10. The quantitative estimate of drug-likeness (QED) is 0.341. The third-order valence-corrected chi connectivity index (χ3v) is 5.03. The fraction of sp³-hybridized carbons (Fsp3) is 0.250. The number of nitrogens with zero attached hydrogens (tertiary/aromatic N) is 2. The molecule has 0 bridgehead atoms. The molecule has 32 heavy (non-hydrogen) atoms. The molecule has 0 radical (unpaired) electrons. The number of benzene rings is 1. The van der Waals surface area contributed by atoms with Crippen molar-refractivity contribution in [3.8, 4) is 5.75 Å². The number of rotatable bonds is 8. The largest absolute Gasteiger partial charge is 0.481 e. The molecule has 1 atom stereocenters. The number of ether oxygens (including phenoxy) is 2. The summed E-state index contributed by atoms with van der Waals surface area (Å²) in [6.07, 6.45) is 0.440. The molecule has 0 saturated carbocycles. The molecule has 2 aromatic heterocycles. The number of carboxylic acids is 1. The normalized spacial score (nSPS) is 12.2. The van der Waals surface area contributed by atoms with E-state index in [2.05, 4.69) is 25.7 Å². The fourth-order valence-corrected chi connectivity index (χ4v) is 3.58. The summed E-state index contributed by atoms with van der Waals surface area (Å²) in [7, 11) is 0. The van der Waals surface area contributed by atoms with Crippen molar-refractivity contribution in [2.75, 3.05) is 6.61 Å². The number of hydrogen-bond acceptors (Lipinski definition) is 5. The van der Waals surface area contributed by atoms with Crippen molar-refractivity contribution < 1.29 is 41.7 Å². The summed E-state index contributed by atoms with van der Waals surface area (Å²) >= 11 is 3.00. The van der Waals surface area contributed by atoms with Crippen LogP contribution in [0.2, 0.25) is 0 Å². The Bertz CT molecular complexity index is 1180. The number of aromatic nitrogens is 2. The van der Waals surface area contributed by atoms with Crippen molar-refractivity contribution in [2.24, 2.45) is 0 Å². The molecule has 12 heteroatoms. The molecule has 3 aromatic rings. The van der Waals surface area contributed by atoms with Crippen molar-refractivity contribution >= 4 is 33.5 Å². The first-order chi connectivity index (χ1) is 15.1. The third kappa shape index (κ3) is 4.85. The lowest BCUT2D eigenvalue weighted by molar-refractivity contribution is -0.137. The minimum atomic E-state index is -3.28. The Morgan fingerprint density at radius 3 is 2.59 bits per heavy atom. The number of carboxylic acid groups (broad SMARTS) is 1. The monoisotopic (exact) mass is 518 g/mol. The first-order valence-electron chi connectivity index (χ1n) is 9.12. The third-order valence-electron chi connectivity index (χ3n) is 4.44. The zero-order valence-electron chi connectivity index (χ0n) is 16.3. The Balaban J connectivity index is 2.36. The van der Waals surface area contributed by atoms with Gasteiger partial charge in [0.1, 0.15) is 23.0 Å². The van der Waals surface area contributed by atoms with E-state index in [1.54, 1.807) is 0 Å². The number of fused-ring (bicyclic) bond motifs is 1. The van der Waals surface area contributed by atoms with Gasteiger partial charge < -0.3 is 19.0 Å². The lowest BCUT2D eigenvalue weighted by Gasteiger charge is -2.20. The lowest BCUT2D eigenvalue weighted by Crippen LogP contribution is -2.17. The lowest BCUT2D eigenvalue weighted by atomic mass is 9.90. The number of carbonyl (C=O) groups excluding carboxylic acids is 1. The second kappa shape index (κ2) is 9.55.